The highest BCUT2D eigenvalue weighted by atomic mass is 19.4. The fraction of sp³-hybridized carbons (Fsp3) is 0.333. The smallest absolute Gasteiger partial charge is 0.416 e. The van der Waals surface area contributed by atoms with Crippen LogP contribution in [0.3, 0.4) is 0 Å². The number of carbonyl (C=O) groups is 2. The summed E-state index contributed by atoms with van der Waals surface area (Å²) in [5, 5.41) is 2.38. The van der Waals surface area contributed by atoms with Crippen molar-refractivity contribution in [2.24, 2.45) is 5.92 Å². The molecule has 2 amide bonds. The van der Waals surface area contributed by atoms with Crippen LogP contribution in [0, 0.1) is 17.6 Å². The minimum absolute atomic E-state index is 0.00298. The minimum atomic E-state index is -4.65. The van der Waals surface area contributed by atoms with Gasteiger partial charge in [0.05, 0.1) is 23.8 Å². The molecule has 1 N–H and O–H groups in total. The van der Waals surface area contributed by atoms with Crippen molar-refractivity contribution in [3.05, 3.63) is 53.6 Å². The van der Waals surface area contributed by atoms with Crippen LogP contribution < -0.4 is 15.0 Å². The summed E-state index contributed by atoms with van der Waals surface area (Å²) in [6.45, 7) is 0.0165. The van der Waals surface area contributed by atoms with E-state index in [2.05, 4.69) is 5.32 Å². The minimum Gasteiger partial charge on any atom is -0.489 e. The van der Waals surface area contributed by atoms with Crippen molar-refractivity contribution >= 4 is 23.2 Å². The number of amides is 2. The Balaban J connectivity index is 1.79. The molecule has 1 saturated heterocycles. The Morgan fingerprint density at radius 1 is 1.12 bits per heavy atom. The molecule has 172 valence electrons. The molecule has 0 saturated carbocycles. The number of rotatable bonds is 7. The van der Waals surface area contributed by atoms with E-state index in [4.69, 9.17) is 9.47 Å². The van der Waals surface area contributed by atoms with Crippen LogP contribution in [0.25, 0.3) is 0 Å². The van der Waals surface area contributed by atoms with E-state index in [-0.39, 0.29) is 43.3 Å². The van der Waals surface area contributed by atoms with Gasteiger partial charge in [-0.25, -0.2) is 8.78 Å². The maximum absolute atomic E-state index is 13.5. The number of benzene rings is 2. The monoisotopic (exact) mass is 458 g/mol. The standard InChI is InChI=1S/C21H19F5N2O4/c1-31-4-5-32-18-3-2-13(21(24,25)26)7-17(18)27-20(30)12-6-19(29)28(11-12)16-9-14(22)8-15(23)10-16/h2-3,7-10,12H,4-6,11H2,1H3,(H,27,30). The van der Waals surface area contributed by atoms with Crippen LogP contribution in [-0.4, -0.2) is 38.7 Å². The largest absolute Gasteiger partial charge is 0.489 e. The summed E-state index contributed by atoms with van der Waals surface area (Å²) in [7, 11) is 1.42. The van der Waals surface area contributed by atoms with Crippen LogP contribution in [-0.2, 0) is 20.5 Å². The van der Waals surface area contributed by atoms with Crippen LogP contribution in [0.4, 0.5) is 33.3 Å². The number of carbonyl (C=O) groups excluding carboxylic acids is 2. The Kier molecular flexibility index (Phi) is 6.97. The van der Waals surface area contributed by atoms with E-state index in [0.29, 0.717) is 6.07 Å². The van der Waals surface area contributed by atoms with Crippen LogP contribution in [0.2, 0.25) is 0 Å². The predicted octanol–water partition coefficient (Wildman–Crippen LogP) is 4.00. The molecular formula is C21H19F5N2O4. The van der Waals surface area contributed by atoms with Crippen LogP contribution in [0.1, 0.15) is 12.0 Å². The molecule has 1 heterocycles. The zero-order chi connectivity index (χ0) is 23.5. The topological polar surface area (TPSA) is 67.9 Å². The Morgan fingerprint density at radius 3 is 2.44 bits per heavy atom. The van der Waals surface area contributed by atoms with Gasteiger partial charge in [-0.15, -0.1) is 0 Å². The third-order valence-electron chi connectivity index (χ3n) is 4.76. The zero-order valence-electron chi connectivity index (χ0n) is 16.8. The molecule has 0 radical (unpaired) electrons. The molecule has 1 unspecified atom stereocenters. The number of hydrogen-bond donors (Lipinski definition) is 1. The quantitative estimate of drug-likeness (QED) is 0.503. The van der Waals surface area contributed by atoms with Crippen molar-refractivity contribution < 1.29 is 41.0 Å². The Labute approximate surface area is 179 Å². The highest BCUT2D eigenvalue weighted by Gasteiger charge is 2.36. The van der Waals surface area contributed by atoms with E-state index in [9.17, 15) is 31.5 Å². The summed E-state index contributed by atoms with van der Waals surface area (Å²) >= 11 is 0. The molecular weight excluding hydrogens is 439 g/mol. The molecule has 1 aliphatic heterocycles. The lowest BCUT2D eigenvalue weighted by Crippen LogP contribution is -2.28. The maximum atomic E-state index is 13.5. The van der Waals surface area contributed by atoms with Gasteiger partial charge in [0.1, 0.15) is 24.0 Å². The molecule has 32 heavy (non-hydrogen) atoms. The summed E-state index contributed by atoms with van der Waals surface area (Å²) in [5.74, 6) is -4.00. The Hall–Kier alpha value is -3.21. The van der Waals surface area contributed by atoms with Gasteiger partial charge in [0.25, 0.3) is 0 Å². The first-order chi connectivity index (χ1) is 15.1. The number of anilines is 2. The van der Waals surface area contributed by atoms with Gasteiger partial charge in [-0.05, 0) is 30.3 Å². The molecule has 6 nitrogen and oxygen atoms in total. The van der Waals surface area contributed by atoms with Crippen LogP contribution in [0.5, 0.6) is 5.75 Å². The number of nitrogens with zero attached hydrogens (tertiary/aromatic N) is 1. The van der Waals surface area contributed by atoms with Crippen LogP contribution >= 0.6 is 0 Å². The number of alkyl halides is 3. The predicted molar refractivity (Wildman–Crippen MR) is 104 cm³/mol. The van der Waals surface area contributed by atoms with Gasteiger partial charge in [0.15, 0.2) is 0 Å². The second kappa shape index (κ2) is 9.51. The molecule has 1 fully saturated rings. The third-order valence-corrected chi connectivity index (χ3v) is 4.76. The van der Waals surface area contributed by atoms with Crippen molar-refractivity contribution in [3.63, 3.8) is 0 Å². The first kappa shape index (κ1) is 23.5. The molecule has 3 rings (SSSR count). The van der Waals surface area contributed by atoms with Crippen molar-refractivity contribution in [3.8, 4) is 5.75 Å². The molecule has 0 spiro atoms. The Morgan fingerprint density at radius 2 is 1.81 bits per heavy atom. The highest BCUT2D eigenvalue weighted by Crippen LogP contribution is 2.36. The van der Waals surface area contributed by atoms with E-state index in [1.807, 2.05) is 0 Å². The Bertz CT molecular complexity index is 992. The summed E-state index contributed by atoms with van der Waals surface area (Å²) in [5.41, 5.74) is -1.26. The summed E-state index contributed by atoms with van der Waals surface area (Å²) < 4.78 is 76.5. The third kappa shape index (κ3) is 5.52. The van der Waals surface area contributed by atoms with E-state index in [0.717, 1.165) is 35.2 Å². The highest BCUT2D eigenvalue weighted by molar-refractivity contribution is 6.04. The van der Waals surface area contributed by atoms with Gasteiger partial charge in [0.2, 0.25) is 11.8 Å². The number of ether oxygens (including phenoxy) is 2. The average Bonchev–Trinajstić information content (AvgIpc) is 3.09. The molecule has 1 atom stereocenters. The fourth-order valence-corrected chi connectivity index (χ4v) is 3.23. The summed E-state index contributed by atoms with van der Waals surface area (Å²) in [6, 6.07) is 5.18. The van der Waals surface area contributed by atoms with Crippen molar-refractivity contribution in [2.45, 2.75) is 12.6 Å². The first-order valence-corrected chi connectivity index (χ1v) is 9.49. The SMILES string of the molecule is COCCOc1ccc(C(F)(F)F)cc1NC(=O)C1CC(=O)N(c2cc(F)cc(F)c2)C1. The molecule has 2 aromatic rings. The first-order valence-electron chi connectivity index (χ1n) is 9.49. The van der Waals surface area contributed by atoms with Gasteiger partial charge < -0.3 is 19.7 Å². The molecule has 0 bridgehead atoms. The van der Waals surface area contributed by atoms with Crippen molar-refractivity contribution in [1.29, 1.82) is 0 Å². The number of methoxy groups -OCH3 is 1. The van der Waals surface area contributed by atoms with Crippen molar-refractivity contribution in [1.82, 2.24) is 0 Å². The fourth-order valence-electron chi connectivity index (χ4n) is 3.23. The number of nitrogens with one attached hydrogen (secondary N) is 1. The molecule has 2 aromatic carbocycles. The normalized spacial score (nSPS) is 16.4. The van der Waals surface area contributed by atoms with Gasteiger partial charge in [-0.3, -0.25) is 9.59 Å². The second-order valence-corrected chi connectivity index (χ2v) is 7.07. The second-order valence-electron chi connectivity index (χ2n) is 7.07. The van der Waals surface area contributed by atoms with Gasteiger partial charge in [-0.2, -0.15) is 13.2 Å². The van der Waals surface area contributed by atoms with Gasteiger partial charge in [0, 0.05) is 31.8 Å². The van der Waals surface area contributed by atoms with Crippen molar-refractivity contribution in [2.75, 3.05) is 37.1 Å². The molecule has 11 heteroatoms. The van der Waals surface area contributed by atoms with Crippen LogP contribution in [0.15, 0.2) is 36.4 Å². The lowest BCUT2D eigenvalue weighted by molar-refractivity contribution is -0.137. The lowest BCUT2D eigenvalue weighted by Gasteiger charge is -2.18. The van der Waals surface area contributed by atoms with E-state index >= 15 is 0 Å². The van der Waals surface area contributed by atoms with E-state index in [1.54, 1.807) is 0 Å². The zero-order valence-corrected chi connectivity index (χ0v) is 16.8. The average molecular weight is 458 g/mol. The van der Waals surface area contributed by atoms with Gasteiger partial charge >= 0.3 is 6.18 Å². The maximum Gasteiger partial charge on any atom is 0.416 e. The molecule has 1 aliphatic rings. The molecule has 0 aromatic heterocycles. The van der Waals surface area contributed by atoms with Gasteiger partial charge in [-0.1, -0.05) is 0 Å². The summed E-state index contributed by atoms with van der Waals surface area (Å²) in [4.78, 5) is 26.1. The molecule has 0 aliphatic carbocycles. The van der Waals surface area contributed by atoms with E-state index in [1.165, 1.54) is 7.11 Å². The summed E-state index contributed by atoms with van der Waals surface area (Å²) in [6.07, 6.45) is -4.92. The lowest BCUT2D eigenvalue weighted by atomic mass is 10.1. The number of halogens is 5. The number of hydrogen-bond acceptors (Lipinski definition) is 4. The van der Waals surface area contributed by atoms with E-state index < -0.39 is 41.1 Å².